The zero-order valence-corrected chi connectivity index (χ0v) is 19.7. The minimum Gasteiger partial charge on any atom is -0.378 e. The van der Waals surface area contributed by atoms with Gasteiger partial charge in [0, 0.05) is 37.1 Å². The maximum Gasteiger partial charge on any atom is 0.251 e. The second kappa shape index (κ2) is 10.3. The molecule has 0 spiro atoms. The topological polar surface area (TPSA) is 67.4 Å². The summed E-state index contributed by atoms with van der Waals surface area (Å²) >= 11 is 3.43. The van der Waals surface area contributed by atoms with Gasteiger partial charge < -0.3 is 15.0 Å². The third-order valence-electron chi connectivity index (χ3n) is 5.45. The average molecular weight is 477 g/mol. The lowest BCUT2D eigenvalue weighted by Crippen LogP contribution is -2.36. The highest BCUT2D eigenvalue weighted by Gasteiger charge is 2.12. The number of rotatable bonds is 7. The van der Waals surface area contributed by atoms with Gasteiger partial charge in [0.15, 0.2) is 4.34 Å². The quantitative estimate of drug-likeness (QED) is 0.388. The van der Waals surface area contributed by atoms with Crippen molar-refractivity contribution in [2.45, 2.75) is 16.6 Å². The standard InChI is InChI=1S/C25H24N4O2S2/c30-24(27-16-19-7-10-23(26-15-19)29-11-13-31-14-12-29)20-8-5-18(6-9-20)17-32-25-28-21-3-1-2-4-22(21)33-25/h1-10,15H,11-14,16-17H2,(H,27,30). The molecule has 0 aliphatic carbocycles. The van der Waals surface area contributed by atoms with Gasteiger partial charge in [0.05, 0.1) is 23.4 Å². The van der Waals surface area contributed by atoms with Crippen LogP contribution in [0, 0.1) is 0 Å². The fraction of sp³-hybridized carbons (Fsp3) is 0.240. The molecule has 1 N–H and O–H groups in total. The number of carbonyl (C=O) groups is 1. The van der Waals surface area contributed by atoms with Gasteiger partial charge in [0.1, 0.15) is 5.82 Å². The molecule has 2 aromatic heterocycles. The van der Waals surface area contributed by atoms with E-state index >= 15 is 0 Å². The molecular weight excluding hydrogens is 452 g/mol. The van der Waals surface area contributed by atoms with Gasteiger partial charge in [-0.05, 0) is 41.5 Å². The first-order valence-corrected chi connectivity index (χ1v) is 12.7. The van der Waals surface area contributed by atoms with Crippen LogP contribution >= 0.6 is 23.1 Å². The molecule has 2 aromatic carbocycles. The summed E-state index contributed by atoms with van der Waals surface area (Å²) in [6.45, 7) is 3.64. The SMILES string of the molecule is O=C(NCc1ccc(N2CCOCC2)nc1)c1ccc(CSc2nc3ccccc3s2)cc1. The molecule has 3 heterocycles. The first kappa shape index (κ1) is 21.9. The molecule has 168 valence electrons. The van der Waals surface area contributed by atoms with Crippen LogP contribution in [0.25, 0.3) is 10.2 Å². The van der Waals surface area contributed by atoms with Crippen LogP contribution in [-0.4, -0.2) is 42.2 Å². The number of ether oxygens (including phenoxy) is 1. The number of nitrogens with one attached hydrogen (secondary N) is 1. The van der Waals surface area contributed by atoms with Crippen molar-refractivity contribution in [3.8, 4) is 0 Å². The average Bonchev–Trinajstić information content (AvgIpc) is 3.30. The lowest BCUT2D eigenvalue weighted by Gasteiger charge is -2.27. The van der Waals surface area contributed by atoms with Crippen molar-refractivity contribution in [3.63, 3.8) is 0 Å². The van der Waals surface area contributed by atoms with Crippen molar-refractivity contribution >= 4 is 45.0 Å². The van der Waals surface area contributed by atoms with Gasteiger partial charge in [-0.3, -0.25) is 4.79 Å². The summed E-state index contributed by atoms with van der Waals surface area (Å²) in [7, 11) is 0. The van der Waals surface area contributed by atoms with Gasteiger partial charge in [-0.1, -0.05) is 42.1 Å². The summed E-state index contributed by atoms with van der Waals surface area (Å²) in [5, 5.41) is 2.98. The highest BCUT2D eigenvalue weighted by molar-refractivity contribution is 8.00. The zero-order chi connectivity index (χ0) is 22.5. The number of anilines is 1. The number of para-hydroxylation sites is 1. The summed E-state index contributed by atoms with van der Waals surface area (Å²) < 4.78 is 7.65. The van der Waals surface area contributed by atoms with Crippen LogP contribution in [-0.2, 0) is 17.0 Å². The van der Waals surface area contributed by atoms with Crippen LogP contribution in [0.4, 0.5) is 5.82 Å². The van der Waals surface area contributed by atoms with Gasteiger partial charge in [-0.15, -0.1) is 11.3 Å². The van der Waals surface area contributed by atoms with E-state index in [9.17, 15) is 4.79 Å². The number of amides is 1. The number of morpholine rings is 1. The predicted molar refractivity (Wildman–Crippen MR) is 134 cm³/mol. The summed E-state index contributed by atoms with van der Waals surface area (Å²) in [5.41, 5.74) is 3.84. The molecule has 0 unspecified atom stereocenters. The Hall–Kier alpha value is -2.94. The third-order valence-corrected chi connectivity index (χ3v) is 7.70. The first-order valence-electron chi connectivity index (χ1n) is 10.9. The predicted octanol–water partition coefficient (Wildman–Crippen LogP) is 4.75. The number of thiazole rings is 1. The van der Waals surface area contributed by atoms with E-state index in [4.69, 9.17) is 4.74 Å². The van der Waals surface area contributed by atoms with Crippen molar-refractivity contribution in [2.75, 3.05) is 31.2 Å². The number of pyridine rings is 1. The number of thioether (sulfide) groups is 1. The van der Waals surface area contributed by atoms with E-state index in [2.05, 4.69) is 26.3 Å². The summed E-state index contributed by atoms with van der Waals surface area (Å²) in [4.78, 5) is 24.0. The lowest BCUT2D eigenvalue weighted by atomic mass is 10.1. The van der Waals surface area contributed by atoms with Crippen molar-refractivity contribution < 1.29 is 9.53 Å². The van der Waals surface area contributed by atoms with Gasteiger partial charge in [-0.25, -0.2) is 9.97 Å². The normalized spacial score (nSPS) is 13.9. The van der Waals surface area contributed by atoms with Crippen molar-refractivity contribution in [1.82, 2.24) is 15.3 Å². The Kier molecular flexibility index (Phi) is 6.85. The van der Waals surface area contributed by atoms with Gasteiger partial charge in [0.2, 0.25) is 0 Å². The van der Waals surface area contributed by atoms with Crippen LogP contribution in [0.5, 0.6) is 0 Å². The number of benzene rings is 2. The molecule has 0 atom stereocenters. The van der Waals surface area contributed by atoms with Crippen LogP contribution in [0.1, 0.15) is 21.5 Å². The lowest BCUT2D eigenvalue weighted by molar-refractivity contribution is 0.0951. The maximum atomic E-state index is 12.6. The number of carbonyl (C=O) groups excluding carboxylic acids is 1. The summed E-state index contributed by atoms with van der Waals surface area (Å²) in [6.07, 6.45) is 1.83. The Balaban J connectivity index is 1.12. The maximum absolute atomic E-state index is 12.6. The first-order chi connectivity index (χ1) is 16.2. The number of nitrogens with zero attached hydrogens (tertiary/aromatic N) is 3. The van der Waals surface area contributed by atoms with Gasteiger partial charge in [-0.2, -0.15) is 0 Å². The fourth-order valence-corrected chi connectivity index (χ4v) is 5.62. The number of hydrogen-bond donors (Lipinski definition) is 1. The Labute approximate surface area is 201 Å². The van der Waals surface area contributed by atoms with Crippen LogP contribution in [0.3, 0.4) is 0 Å². The Morgan fingerprint density at radius 2 is 1.82 bits per heavy atom. The molecule has 1 saturated heterocycles. The third kappa shape index (κ3) is 5.52. The number of hydrogen-bond acceptors (Lipinski definition) is 7. The fourth-order valence-electron chi connectivity index (χ4n) is 3.60. The molecule has 6 nitrogen and oxygen atoms in total. The van der Waals surface area contributed by atoms with Crippen molar-refractivity contribution in [3.05, 3.63) is 83.6 Å². The van der Waals surface area contributed by atoms with E-state index in [0.717, 1.165) is 53.3 Å². The van der Waals surface area contributed by atoms with Gasteiger partial charge >= 0.3 is 0 Å². The minimum atomic E-state index is -0.0855. The molecule has 0 saturated carbocycles. The number of aromatic nitrogens is 2. The van der Waals surface area contributed by atoms with Crippen LogP contribution in [0.15, 0.2) is 71.2 Å². The Bertz CT molecular complexity index is 1190. The summed E-state index contributed by atoms with van der Waals surface area (Å²) in [5.74, 6) is 1.69. The van der Waals surface area contributed by atoms with E-state index in [0.29, 0.717) is 12.1 Å². The molecular formula is C25H24N4O2S2. The van der Waals surface area contributed by atoms with Crippen molar-refractivity contribution in [1.29, 1.82) is 0 Å². The second-order valence-electron chi connectivity index (χ2n) is 7.74. The molecule has 1 aliphatic heterocycles. The smallest absolute Gasteiger partial charge is 0.251 e. The van der Waals surface area contributed by atoms with E-state index in [1.54, 1.807) is 23.1 Å². The molecule has 5 rings (SSSR count). The summed E-state index contributed by atoms with van der Waals surface area (Å²) in [6, 6.07) is 20.0. The molecule has 0 bridgehead atoms. The number of fused-ring (bicyclic) bond motifs is 1. The van der Waals surface area contributed by atoms with Crippen molar-refractivity contribution in [2.24, 2.45) is 0 Å². The Morgan fingerprint density at radius 3 is 2.58 bits per heavy atom. The molecule has 1 aliphatic rings. The molecule has 1 amide bonds. The second-order valence-corrected chi connectivity index (χ2v) is 9.99. The van der Waals surface area contributed by atoms with Crippen LogP contribution < -0.4 is 10.2 Å². The largest absolute Gasteiger partial charge is 0.378 e. The minimum absolute atomic E-state index is 0.0855. The molecule has 8 heteroatoms. The molecule has 33 heavy (non-hydrogen) atoms. The van der Waals surface area contributed by atoms with E-state index in [1.165, 1.54) is 10.3 Å². The van der Waals surface area contributed by atoms with Gasteiger partial charge in [0.25, 0.3) is 5.91 Å². The van der Waals surface area contributed by atoms with E-state index in [-0.39, 0.29) is 5.91 Å². The highest BCUT2D eigenvalue weighted by atomic mass is 32.2. The molecule has 4 aromatic rings. The monoisotopic (exact) mass is 476 g/mol. The zero-order valence-electron chi connectivity index (χ0n) is 18.1. The van der Waals surface area contributed by atoms with E-state index < -0.39 is 0 Å². The van der Waals surface area contributed by atoms with Crippen LogP contribution in [0.2, 0.25) is 0 Å². The molecule has 0 radical (unpaired) electrons. The molecule has 1 fully saturated rings. The Morgan fingerprint density at radius 1 is 1.03 bits per heavy atom. The van der Waals surface area contributed by atoms with E-state index in [1.807, 2.05) is 60.8 Å². The highest BCUT2D eigenvalue weighted by Crippen LogP contribution is 2.31.